The van der Waals surface area contributed by atoms with Crippen LogP contribution in [0.1, 0.15) is 37.7 Å². The minimum Gasteiger partial charge on any atom is -0.399 e. The number of piperidine rings is 1. The van der Waals surface area contributed by atoms with Gasteiger partial charge in [0.05, 0.1) is 11.8 Å². The van der Waals surface area contributed by atoms with Gasteiger partial charge in [-0.2, -0.15) is 0 Å². The molecule has 126 valence electrons. The number of hydrogen-bond acceptors (Lipinski definition) is 4. The van der Waals surface area contributed by atoms with Crippen molar-refractivity contribution in [3.63, 3.8) is 0 Å². The monoisotopic (exact) mass is 428 g/mol. The van der Waals surface area contributed by atoms with Crippen LogP contribution in [0.15, 0.2) is 29.4 Å². The van der Waals surface area contributed by atoms with Crippen molar-refractivity contribution in [2.45, 2.75) is 50.3 Å². The Hall–Kier alpha value is -0.660. The third kappa shape index (κ3) is 3.15. The molecule has 4 nitrogen and oxygen atoms in total. The molecular formula is C18H25IN2O2. The van der Waals surface area contributed by atoms with Crippen LogP contribution >= 0.6 is 22.6 Å². The Morgan fingerprint density at radius 3 is 2.65 bits per heavy atom. The van der Waals surface area contributed by atoms with Crippen molar-refractivity contribution in [3.05, 3.63) is 33.4 Å². The molecule has 2 saturated heterocycles. The Morgan fingerprint density at radius 2 is 2.04 bits per heavy atom. The molecule has 23 heavy (non-hydrogen) atoms. The molecule has 2 heterocycles. The lowest BCUT2D eigenvalue weighted by Crippen LogP contribution is -2.51. The van der Waals surface area contributed by atoms with Gasteiger partial charge < -0.3 is 9.94 Å². The fourth-order valence-corrected chi connectivity index (χ4v) is 4.85. The average molecular weight is 428 g/mol. The van der Waals surface area contributed by atoms with Crippen molar-refractivity contribution in [2.24, 2.45) is 11.1 Å². The molecule has 2 bridgehead atoms. The van der Waals surface area contributed by atoms with Crippen LogP contribution in [0.25, 0.3) is 0 Å². The highest BCUT2D eigenvalue weighted by atomic mass is 127. The molecule has 1 N–H and O–H groups in total. The quantitative estimate of drug-likeness (QED) is 0.455. The molecule has 2 fully saturated rings. The number of oxime groups is 1. The van der Waals surface area contributed by atoms with Crippen LogP contribution in [0.2, 0.25) is 0 Å². The first-order valence-corrected chi connectivity index (χ1v) is 9.40. The van der Waals surface area contributed by atoms with E-state index in [1.54, 1.807) is 7.11 Å². The number of hydrogen-bond donors (Lipinski definition) is 1. The second-order valence-corrected chi connectivity index (χ2v) is 7.90. The molecule has 0 saturated carbocycles. The number of likely N-dealkylation sites (N-methyl/N-ethyl adjacent to an activating group) is 1. The van der Waals surface area contributed by atoms with Gasteiger partial charge in [0.25, 0.3) is 0 Å². The van der Waals surface area contributed by atoms with E-state index in [0.717, 1.165) is 25.0 Å². The number of rotatable bonds is 4. The zero-order valence-corrected chi connectivity index (χ0v) is 16.1. The van der Waals surface area contributed by atoms with Gasteiger partial charge in [0.15, 0.2) is 0 Å². The molecule has 3 unspecified atom stereocenters. The second kappa shape index (κ2) is 7.07. The number of halogens is 1. The maximum absolute atomic E-state index is 10.6. The van der Waals surface area contributed by atoms with E-state index in [1.165, 1.54) is 9.13 Å². The van der Waals surface area contributed by atoms with Crippen molar-refractivity contribution in [2.75, 3.05) is 14.2 Å². The summed E-state index contributed by atoms with van der Waals surface area (Å²) in [7, 11) is 3.75. The van der Waals surface area contributed by atoms with E-state index in [9.17, 15) is 5.11 Å². The Kier molecular flexibility index (Phi) is 5.28. The van der Waals surface area contributed by atoms with E-state index in [1.807, 2.05) is 0 Å². The van der Waals surface area contributed by atoms with Crippen LogP contribution in [-0.4, -0.2) is 48.1 Å². The fraction of sp³-hybridized carbons (Fsp3) is 0.611. The normalized spacial score (nSPS) is 34.7. The van der Waals surface area contributed by atoms with Crippen LogP contribution < -0.4 is 0 Å². The maximum atomic E-state index is 10.6. The van der Waals surface area contributed by atoms with E-state index < -0.39 is 0 Å². The van der Waals surface area contributed by atoms with Crippen LogP contribution in [0.5, 0.6) is 0 Å². The van der Waals surface area contributed by atoms with Gasteiger partial charge in [-0.3, -0.25) is 4.90 Å². The Bertz CT molecular complexity index is 575. The summed E-state index contributed by atoms with van der Waals surface area (Å²) in [5.41, 5.74) is 2.41. The largest absolute Gasteiger partial charge is 0.399 e. The second-order valence-electron chi connectivity index (χ2n) is 6.65. The lowest BCUT2D eigenvalue weighted by Gasteiger charge is -2.43. The molecule has 5 atom stereocenters. The summed E-state index contributed by atoms with van der Waals surface area (Å²) in [4.78, 5) is 7.48. The highest BCUT2D eigenvalue weighted by molar-refractivity contribution is 14.1. The molecule has 0 aromatic heterocycles. The van der Waals surface area contributed by atoms with Crippen molar-refractivity contribution >= 4 is 28.3 Å². The van der Waals surface area contributed by atoms with Crippen molar-refractivity contribution in [3.8, 4) is 0 Å². The lowest BCUT2D eigenvalue weighted by molar-refractivity contribution is 0.0694. The standard InChI is InChI=1S/C18H25IN2O2/c1-4-15(20-23-3)17-14(11-5-7-12(19)8-6-11)9-13-10-16(22)18(17)21(13)2/h5-8,13-14,16-18,22H,4,9-10H2,1-3H3/t13?,14?,16?,17-,18-/m1/s1. The van der Waals surface area contributed by atoms with Crippen LogP contribution in [-0.2, 0) is 4.84 Å². The van der Waals surface area contributed by atoms with E-state index >= 15 is 0 Å². The summed E-state index contributed by atoms with van der Waals surface area (Å²) >= 11 is 2.34. The van der Waals surface area contributed by atoms with Crippen LogP contribution in [0.3, 0.4) is 0 Å². The summed E-state index contributed by atoms with van der Waals surface area (Å²) in [6, 6.07) is 9.39. The first-order chi connectivity index (χ1) is 11.1. The number of nitrogens with zero attached hydrogens (tertiary/aromatic N) is 2. The van der Waals surface area contributed by atoms with Crippen molar-refractivity contribution in [1.29, 1.82) is 0 Å². The van der Waals surface area contributed by atoms with E-state index in [4.69, 9.17) is 4.84 Å². The molecular weight excluding hydrogens is 403 g/mol. The van der Waals surface area contributed by atoms with Gasteiger partial charge in [0, 0.05) is 21.6 Å². The van der Waals surface area contributed by atoms with Crippen LogP contribution in [0.4, 0.5) is 0 Å². The first kappa shape index (κ1) is 17.2. The lowest BCUT2D eigenvalue weighted by atomic mass is 9.73. The minimum atomic E-state index is -0.280. The maximum Gasteiger partial charge on any atom is 0.106 e. The molecule has 1 aromatic rings. The van der Waals surface area contributed by atoms with Crippen LogP contribution in [0, 0.1) is 9.49 Å². The smallest absolute Gasteiger partial charge is 0.106 e. The van der Waals surface area contributed by atoms with Gasteiger partial charge in [0.2, 0.25) is 0 Å². The zero-order valence-electron chi connectivity index (χ0n) is 13.9. The zero-order chi connectivity index (χ0) is 16.6. The van der Waals surface area contributed by atoms with Gasteiger partial charge in [-0.25, -0.2) is 0 Å². The fourth-order valence-electron chi connectivity index (χ4n) is 4.49. The van der Waals surface area contributed by atoms with E-state index in [-0.39, 0.29) is 18.1 Å². The summed E-state index contributed by atoms with van der Waals surface area (Å²) in [5, 5.41) is 14.9. The molecule has 2 aliphatic rings. The van der Waals surface area contributed by atoms with E-state index in [0.29, 0.717) is 12.0 Å². The molecule has 5 heteroatoms. The van der Waals surface area contributed by atoms with Crippen molar-refractivity contribution < 1.29 is 9.94 Å². The highest BCUT2D eigenvalue weighted by Crippen LogP contribution is 2.47. The molecule has 3 rings (SSSR count). The summed E-state index contributed by atoms with van der Waals surface area (Å²) in [6.45, 7) is 2.12. The Morgan fingerprint density at radius 1 is 1.35 bits per heavy atom. The predicted octanol–water partition coefficient (Wildman–Crippen LogP) is 3.24. The number of benzene rings is 1. The molecule has 0 aliphatic carbocycles. The predicted molar refractivity (Wildman–Crippen MR) is 101 cm³/mol. The Labute approximate surface area is 152 Å². The Balaban J connectivity index is 2.02. The molecule has 0 amide bonds. The average Bonchev–Trinajstić information content (AvgIpc) is 2.72. The minimum absolute atomic E-state index is 0.131. The summed E-state index contributed by atoms with van der Waals surface area (Å²) < 4.78 is 1.25. The summed E-state index contributed by atoms with van der Waals surface area (Å²) in [5.74, 6) is 0.600. The van der Waals surface area contributed by atoms with E-state index in [2.05, 4.69) is 70.9 Å². The van der Waals surface area contributed by atoms with Gasteiger partial charge in [-0.15, -0.1) is 0 Å². The number of aliphatic hydroxyl groups is 1. The third-order valence-corrected chi connectivity index (χ3v) is 6.25. The molecule has 0 radical (unpaired) electrons. The van der Waals surface area contributed by atoms with Gasteiger partial charge in [0.1, 0.15) is 7.11 Å². The summed E-state index contributed by atoms with van der Waals surface area (Å²) in [6.07, 6.45) is 2.50. The third-order valence-electron chi connectivity index (χ3n) is 5.54. The van der Waals surface area contributed by atoms with Gasteiger partial charge >= 0.3 is 0 Å². The van der Waals surface area contributed by atoms with Gasteiger partial charge in [-0.05, 0) is 72.5 Å². The van der Waals surface area contributed by atoms with Crippen molar-refractivity contribution in [1.82, 2.24) is 4.90 Å². The highest BCUT2D eigenvalue weighted by Gasteiger charge is 2.52. The molecule has 1 aromatic carbocycles. The molecule has 2 aliphatic heterocycles. The SMILES string of the molecule is CCC(=NOC)[C@H]1C(c2ccc(I)cc2)CC2CC(O)[C@H]1N2C. The first-order valence-electron chi connectivity index (χ1n) is 8.32. The van der Waals surface area contributed by atoms with Gasteiger partial charge in [-0.1, -0.05) is 24.2 Å². The number of aliphatic hydroxyl groups excluding tert-OH is 1. The molecule has 0 spiro atoms. The number of fused-ring (bicyclic) bond motifs is 2. The topological polar surface area (TPSA) is 45.1 Å².